The van der Waals surface area contributed by atoms with Crippen molar-refractivity contribution >= 4 is 11.9 Å². The van der Waals surface area contributed by atoms with Crippen molar-refractivity contribution in [3.63, 3.8) is 0 Å². The first kappa shape index (κ1) is 10.4. The molecule has 0 radical (unpaired) electrons. The van der Waals surface area contributed by atoms with Gasteiger partial charge in [0.15, 0.2) is 5.43 Å². The zero-order chi connectivity index (χ0) is 10.7. The van der Waals surface area contributed by atoms with Crippen LogP contribution in [-0.4, -0.2) is 4.98 Å². The minimum absolute atomic E-state index is 0.105. The highest BCUT2D eigenvalue weighted by atomic mass is 16.1. The number of aromatic amines is 1. The van der Waals surface area contributed by atoms with Crippen LogP contribution in [0.5, 0.6) is 0 Å². The number of aromatic nitrogens is 1. The summed E-state index contributed by atoms with van der Waals surface area (Å²) in [7, 11) is 0. The second kappa shape index (κ2) is 4.00. The summed E-state index contributed by atoms with van der Waals surface area (Å²) in [5.41, 5.74) is 11.7. The molecule has 14 heavy (non-hydrogen) atoms. The molecule has 5 N–H and O–H groups in total. The first-order valence-electron chi connectivity index (χ1n) is 4.47. The summed E-state index contributed by atoms with van der Waals surface area (Å²) in [5, 5.41) is 1.05. The highest BCUT2D eigenvalue weighted by molar-refractivity contribution is 5.42. The lowest BCUT2D eigenvalue weighted by Gasteiger charge is -2.04. The van der Waals surface area contributed by atoms with Crippen molar-refractivity contribution in [1.29, 1.82) is 0 Å². The van der Waals surface area contributed by atoms with Gasteiger partial charge in [-0.25, -0.2) is 0 Å². The maximum atomic E-state index is 11.5. The average Bonchev–Trinajstić information content (AvgIpc) is 2.16. The molecule has 0 spiro atoms. The van der Waals surface area contributed by atoms with Gasteiger partial charge in [0, 0.05) is 24.2 Å². The third-order valence-corrected chi connectivity index (χ3v) is 2.07. The number of nitrogens with one attached hydrogen (secondary N) is 1. The Morgan fingerprint density at radius 1 is 1.57 bits per heavy atom. The third-order valence-electron chi connectivity index (χ3n) is 2.07. The Hall–Kier alpha value is -1.71. The van der Waals surface area contributed by atoms with Crippen molar-refractivity contribution in [3.8, 4) is 0 Å². The van der Waals surface area contributed by atoms with Crippen LogP contribution in [0.4, 0.5) is 0 Å². The Labute approximate surface area is 81.9 Å². The zero-order valence-corrected chi connectivity index (χ0v) is 8.37. The summed E-state index contributed by atoms with van der Waals surface area (Å²) in [5.74, 6) is 0.122. The SMILES string of the molecule is CC(C)/C(N)=c1\c(=O)cc[nH]\c1=C\N. The van der Waals surface area contributed by atoms with E-state index < -0.39 is 0 Å². The molecule has 0 unspecified atom stereocenters. The largest absolute Gasteiger partial charge is 0.403 e. The quantitative estimate of drug-likeness (QED) is 0.523. The van der Waals surface area contributed by atoms with Crippen molar-refractivity contribution < 1.29 is 0 Å². The van der Waals surface area contributed by atoms with Crippen molar-refractivity contribution in [3.05, 3.63) is 33.1 Å². The topological polar surface area (TPSA) is 84.9 Å². The molecule has 0 aromatic carbocycles. The van der Waals surface area contributed by atoms with Crippen LogP contribution >= 0.6 is 0 Å². The molecule has 4 heteroatoms. The predicted octanol–water partition coefficient (Wildman–Crippen LogP) is -1.21. The van der Waals surface area contributed by atoms with Gasteiger partial charge < -0.3 is 16.5 Å². The number of nitrogens with two attached hydrogens (primary N) is 2. The van der Waals surface area contributed by atoms with E-state index in [1.807, 2.05) is 13.8 Å². The van der Waals surface area contributed by atoms with Crippen LogP contribution in [0.25, 0.3) is 11.9 Å². The molecular formula is C10H15N3O. The van der Waals surface area contributed by atoms with Gasteiger partial charge in [0.1, 0.15) is 0 Å². The van der Waals surface area contributed by atoms with E-state index in [-0.39, 0.29) is 11.3 Å². The van der Waals surface area contributed by atoms with Gasteiger partial charge in [-0.15, -0.1) is 0 Å². The first-order chi connectivity index (χ1) is 6.57. The molecular weight excluding hydrogens is 178 g/mol. The van der Waals surface area contributed by atoms with Gasteiger partial charge in [0.25, 0.3) is 0 Å². The van der Waals surface area contributed by atoms with Crippen LogP contribution in [0.1, 0.15) is 13.8 Å². The molecule has 76 valence electrons. The summed E-state index contributed by atoms with van der Waals surface area (Å²) < 4.78 is 0. The van der Waals surface area contributed by atoms with Gasteiger partial charge in [-0.3, -0.25) is 4.79 Å². The van der Waals surface area contributed by atoms with Crippen molar-refractivity contribution in [2.45, 2.75) is 13.8 Å². The summed E-state index contributed by atoms with van der Waals surface area (Å²) in [6.07, 6.45) is 2.91. The molecule has 0 aliphatic rings. The smallest absolute Gasteiger partial charge is 0.191 e. The standard InChI is InChI=1S/C10H15N3O/c1-6(2)10(12)9-7(5-11)13-4-3-8(9)14/h3-6,13H,11-12H2,1-2H3/b7-5+,10-9+. The summed E-state index contributed by atoms with van der Waals surface area (Å²) in [6, 6.07) is 1.44. The summed E-state index contributed by atoms with van der Waals surface area (Å²) in [6.45, 7) is 3.87. The Morgan fingerprint density at radius 3 is 2.71 bits per heavy atom. The second-order valence-electron chi connectivity index (χ2n) is 3.41. The molecule has 1 aromatic rings. The van der Waals surface area contributed by atoms with E-state index in [9.17, 15) is 4.79 Å². The number of H-pyrrole nitrogens is 1. The molecule has 0 amide bonds. The molecule has 1 rings (SSSR count). The van der Waals surface area contributed by atoms with Crippen LogP contribution in [0.2, 0.25) is 0 Å². The summed E-state index contributed by atoms with van der Waals surface area (Å²) in [4.78, 5) is 14.4. The Bertz CT molecular complexity index is 485. The van der Waals surface area contributed by atoms with Gasteiger partial charge in [-0.05, 0) is 5.92 Å². The normalized spacial score (nSPS) is 14.6. The number of hydrogen-bond donors (Lipinski definition) is 3. The fourth-order valence-corrected chi connectivity index (χ4v) is 1.21. The van der Waals surface area contributed by atoms with Gasteiger partial charge >= 0.3 is 0 Å². The fraction of sp³-hybridized carbons (Fsp3) is 0.300. The van der Waals surface area contributed by atoms with E-state index >= 15 is 0 Å². The Morgan fingerprint density at radius 2 is 2.21 bits per heavy atom. The zero-order valence-electron chi connectivity index (χ0n) is 8.37. The van der Waals surface area contributed by atoms with E-state index in [0.29, 0.717) is 16.3 Å². The van der Waals surface area contributed by atoms with Crippen LogP contribution < -0.4 is 27.5 Å². The number of hydrogen-bond acceptors (Lipinski definition) is 3. The first-order valence-corrected chi connectivity index (χ1v) is 4.47. The highest BCUT2D eigenvalue weighted by Crippen LogP contribution is 1.98. The fourth-order valence-electron chi connectivity index (χ4n) is 1.21. The molecule has 0 fully saturated rings. The molecule has 4 nitrogen and oxygen atoms in total. The predicted molar refractivity (Wildman–Crippen MR) is 57.4 cm³/mol. The lowest BCUT2D eigenvalue weighted by atomic mass is 10.1. The van der Waals surface area contributed by atoms with E-state index in [1.165, 1.54) is 12.3 Å². The van der Waals surface area contributed by atoms with E-state index in [2.05, 4.69) is 4.98 Å². The van der Waals surface area contributed by atoms with Crippen molar-refractivity contribution in [1.82, 2.24) is 4.98 Å². The molecule has 1 heterocycles. The molecule has 0 bridgehead atoms. The van der Waals surface area contributed by atoms with Gasteiger partial charge in [-0.1, -0.05) is 13.8 Å². The molecule has 1 aromatic heterocycles. The van der Waals surface area contributed by atoms with E-state index in [0.717, 1.165) is 0 Å². The lowest BCUT2D eigenvalue weighted by molar-refractivity contribution is 0.829. The molecule has 0 saturated carbocycles. The molecule has 0 saturated heterocycles. The monoisotopic (exact) mass is 193 g/mol. The van der Waals surface area contributed by atoms with E-state index in [1.54, 1.807) is 6.20 Å². The minimum atomic E-state index is -0.105. The minimum Gasteiger partial charge on any atom is -0.403 e. The van der Waals surface area contributed by atoms with Crippen molar-refractivity contribution in [2.24, 2.45) is 17.4 Å². The van der Waals surface area contributed by atoms with Crippen LogP contribution in [0, 0.1) is 5.92 Å². The van der Waals surface area contributed by atoms with Crippen LogP contribution in [0.15, 0.2) is 17.1 Å². The van der Waals surface area contributed by atoms with Crippen LogP contribution in [0.3, 0.4) is 0 Å². The second-order valence-corrected chi connectivity index (χ2v) is 3.41. The van der Waals surface area contributed by atoms with Crippen molar-refractivity contribution in [2.75, 3.05) is 0 Å². The third kappa shape index (κ3) is 1.79. The van der Waals surface area contributed by atoms with Gasteiger partial charge in [0.05, 0.1) is 10.6 Å². The maximum Gasteiger partial charge on any atom is 0.191 e. The lowest BCUT2D eigenvalue weighted by Crippen LogP contribution is -2.45. The molecule has 0 aliphatic carbocycles. The molecule has 0 atom stereocenters. The average molecular weight is 193 g/mol. The Balaban J connectivity index is 3.81. The Kier molecular flexibility index (Phi) is 2.96. The van der Waals surface area contributed by atoms with E-state index in [4.69, 9.17) is 11.5 Å². The number of pyridine rings is 1. The van der Waals surface area contributed by atoms with Gasteiger partial charge in [-0.2, -0.15) is 0 Å². The highest BCUT2D eigenvalue weighted by Gasteiger charge is 2.02. The van der Waals surface area contributed by atoms with Crippen LogP contribution in [-0.2, 0) is 0 Å². The number of rotatable bonds is 1. The van der Waals surface area contributed by atoms with Gasteiger partial charge in [0.2, 0.25) is 0 Å². The molecule has 0 aliphatic heterocycles. The summed E-state index contributed by atoms with van der Waals surface area (Å²) >= 11 is 0. The maximum absolute atomic E-state index is 11.5.